The van der Waals surface area contributed by atoms with E-state index in [1.807, 2.05) is 19.1 Å². The number of methoxy groups -OCH3 is 3. The first kappa shape index (κ1) is 27.6. The van der Waals surface area contributed by atoms with E-state index in [4.69, 9.17) is 23.7 Å². The number of carbonyl (C=O) groups excluding carboxylic acids is 2. The Bertz CT molecular complexity index is 1270. The lowest BCUT2D eigenvalue weighted by atomic mass is 10.0. The Balaban J connectivity index is 1.86. The fraction of sp³-hybridized carbons (Fsp3) is 0.286. The normalized spacial score (nSPS) is 10.7. The molecule has 0 atom stereocenters. The molecule has 0 bridgehead atoms. The Hall–Kier alpha value is -3.98. The topological polar surface area (TPSA) is 92.3 Å². The lowest BCUT2D eigenvalue weighted by Crippen LogP contribution is -2.12. The van der Waals surface area contributed by atoms with Gasteiger partial charge in [0.15, 0.2) is 23.0 Å². The van der Waals surface area contributed by atoms with E-state index in [0.29, 0.717) is 40.2 Å². The summed E-state index contributed by atoms with van der Waals surface area (Å²) >= 11 is 1.24. The van der Waals surface area contributed by atoms with E-state index < -0.39 is 11.9 Å². The lowest BCUT2D eigenvalue weighted by molar-refractivity contribution is -0.111. The van der Waals surface area contributed by atoms with Crippen LogP contribution in [0.2, 0.25) is 0 Å². The molecule has 2 aromatic carbocycles. The maximum absolute atomic E-state index is 12.9. The second kappa shape index (κ2) is 13.4. The fourth-order valence-electron chi connectivity index (χ4n) is 3.52. The first-order valence-corrected chi connectivity index (χ1v) is 12.6. The van der Waals surface area contributed by atoms with Crippen molar-refractivity contribution in [2.24, 2.45) is 0 Å². The smallest absolute Gasteiger partial charge is 0.341 e. The first-order chi connectivity index (χ1) is 17.9. The molecule has 0 aliphatic rings. The van der Waals surface area contributed by atoms with Crippen molar-refractivity contribution in [3.63, 3.8) is 0 Å². The summed E-state index contributed by atoms with van der Waals surface area (Å²) in [5.41, 5.74) is 2.39. The summed E-state index contributed by atoms with van der Waals surface area (Å²) in [7, 11) is 4.66. The second-order valence-electron chi connectivity index (χ2n) is 7.73. The molecule has 0 spiro atoms. The van der Waals surface area contributed by atoms with Crippen molar-refractivity contribution in [1.29, 1.82) is 0 Å². The summed E-state index contributed by atoms with van der Waals surface area (Å²) in [6.45, 7) is 4.55. The van der Waals surface area contributed by atoms with Crippen molar-refractivity contribution in [3.8, 4) is 34.1 Å². The van der Waals surface area contributed by atoms with E-state index in [0.717, 1.165) is 17.5 Å². The van der Waals surface area contributed by atoms with E-state index in [2.05, 4.69) is 5.32 Å². The number of rotatable bonds is 12. The molecule has 3 rings (SSSR count). The minimum atomic E-state index is -0.528. The zero-order valence-electron chi connectivity index (χ0n) is 21.6. The predicted molar refractivity (Wildman–Crippen MR) is 145 cm³/mol. The van der Waals surface area contributed by atoms with Crippen molar-refractivity contribution in [3.05, 3.63) is 59.0 Å². The summed E-state index contributed by atoms with van der Waals surface area (Å²) < 4.78 is 27.1. The SMILES string of the molecule is CCCOc1ccc(/C=C/C(=O)Nc2scc(-c3ccc(OC)c(OC)c3)c2C(=O)OCC)cc1OC. The monoisotopic (exact) mass is 525 g/mol. The third-order valence-corrected chi connectivity index (χ3v) is 6.17. The summed E-state index contributed by atoms with van der Waals surface area (Å²) in [6.07, 6.45) is 3.94. The minimum absolute atomic E-state index is 0.202. The van der Waals surface area contributed by atoms with Gasteiger partial charge in [-0.2, -0.15) is 0 Å². The van der Waals surface area contributed by atoms with Gasteiger partial charge in [-0.25, -0.2) is 4.79 Å². The number of esters is 1. The molecule has 0 radical (unpaired) electrons. The maximum atomic E-state index is 12.9. The van der Waals surface area contributed by atoms with Gasteiger partial charge >= 0.3 is 5.97 Å². The average Bonchev–Trinajstić information content (AvgIpc) is 3.33. The number of carbonyl (C=O) groups is 2. The number of thiophene rings is 1. The third kappa shape index (κ3) is 6.83. The van der Waals surface area contributed by atoms with Crippen molar-refractivity contribution in [2.75, 3.05) is 39.9 Å². The molecule has 1 aromatic heterocycles. The van der Waals surface area contributed by atoms with Crippen molar-refractivity contribution in [2.45, 2.75) is 20.3 Å². The van der Waals surface area contributed by atoms with Gasteiger partial charge in [-0.3, -0.25) is 4.79 Å². The van der Waals surface area contributed by atoms with Gasteiger partial charge in [0, 0.05) is 17.0 Å². The minimum Gasteiger partial charge on any atom is -0.493 e. The highest BCUT2D eigenvalue weighted by Crippen LogP contribution is 2.39. The largest absolute Gasteiger partial charge is 0.493 e. The summed E-state index contributed by atoms with van der Waals surface area (Å²) in [6, 6.07) is 10.8. The summed E-state index contributed by atoms with van der Waals surface area (Å²) in [4.78, 5) is 25.6. The Kier molecular flexibility index (Phi) is 9.97. The molecular formula is C28H31NO7S. The molecule has 37 heavy (non-hydrogen) atoms. The molecule has 0 aliphatic heterocycles. The van der Waals surface area contributed by atoms with E-state index in [1.54, 1.807) is 64.0 Å². The van der Waals surface area contributed by atoms with E-state index in [1.165, 1.54) is 17.4 Å². The van der Waals surface area contributed by atoms with Crippen LogP contribution < -0.4 is 24.3 Å². The Morgan fingerprint density at radius 2 is 1.62 bits per heavy atom. The van der Waals surface area contributed by atoms with Crippen LogP contribution in [0.5, 0.6) is 23.0 Å². The summed E-state index contributed by atoms with van der Waals surface area (Å²) in [5.74, 6) is 1.40. The molecule has 0 aliphatic carbocycles. The van der Waals surface area contributed by atoms with Gasteiger partial charge < -0.3 is 29.0 Å². The molecule has 0 saturated heterocycles. The van der Waals surface area contributed by atoms with E-state index in [9.17, 15) is 9.59 Å². The number of hydrogen-bond donors (Lipinski definition) is 1. The number of amides is 1. The molecule has 1 heterocycles. The van der Waals surface area contributed by atoms with Crippen molar-refractivity contribution in [1.82, 2.24) is 0 Å². The number of anilines is 1. The molecule has 1 N–H and O–H groups in total. The van der Waals surface area contributed by atoms with Crippen LogP contribution in [0.15, 0.2) is 47.9 Å². The van der Waals surface area contributed by atoms with Crippen LogP contribution in [0.1, 0.15) is 36.2 Å². The standard InChI is InChI=1S/C28H31NO7S/c1-6-14-36-22-11-8-18(15-23(22)33-4)9-13-25(30)29-27-26(28(31)35-7-2)20(17-37-27)19-10-12-21(32-3)24(16-19)34-5/h8-13,15-17H,6-7,14H2,1-5H3,(H,29,30)/b13-9+. The molecule has 9 heteroatoms. The second-order valence-corrected chi connectivity index (χ2v) is 8.60. The van der Waals surface area contributed by atoms with Crippen LogP contribution in [0.3, 0.4) is 0 Å². The highest BCUT2D eigenvalue weighted by atomic mass is 32.1. The molecule has 8 nitrogen and oxygen atoms in total. The Morgan fingerprint density at radius 1 is 0.919 bits per heavy atom. The molecule has 0 fully saturated rings. The maximum Gasteiger partial charge on any atom is 0.341 e. The number of benzene rings is 2. The number of ether oxygens (including phenoxy) is 5. The van der Waals surface area contributed by atoms with Gasteiger partial charge in [0.1, 0.15) is 10.6 Å². The van der Waals surface area contributed by atoms with Crippen molar-refractivity contribution < 1.29 is 33.3 Å². The van der Waals surface area contributed by atoms with Gasteiger partial charge in [-0.15, -0.1) is 11.3 Å². The predicted octanol–water partition coefficient (Wildman–Crippen LogP) is 6.06. The lowest BCUT2D eigenvalue weighted by Gasteiger charge is -2.11. The van der Waals surface area contributed by atoms with Gasteiger partial charge in [0.2, 0.25) is 5.91 Å². The highest BCUT2D eigenvalue weighted by Gasteiger charge is 2.23. The van der Waals surface area contributed by atoms with Gasteiger partial charge in [-0.05, 0) is 54.8 Å². The quantitative estimate of drug-likeness (QED) is 0.227. The van der Waals surface area contributed by atoms with Crippen molar-refractivity contribution >= 4 is 34.3 Å². The van der Waals surface area contributed by atoms with Crippen LogP contribution in [-0.4, -0.2) is 46.4 Å². The highest BCUT2D eigenvalue weighted by molar-refractivity contribution is 7.15. The first-order valence-electron chi connectivity index (χ1n) is 11.8. The van der Waals surface area contributed by atoms with Crippen LogP contribution >= 0.6 is 11.3 Å². The number of nitrogens with one attached hydrogen (secondary N) is 1. The molecule has 0 unspecified atom stereocenters. The van der Waals surface area contributed by atoms with Gasteiger partial charge in [0.05, 0.1) is 34.5 Å². The van der Waals surface area contributed by atoms with Crippen LogP contribution in [0.4, 0.5) is 5.00 Å². The fourth-order valence-corrected chi connectivity index (χ4v) is 4.48. The Labute approximate surface area is 220 Å². The third-order valence-electron chi connectivity index (χ3n) is 5.28. The van der Waals surface area contributed by atoms with E-state index in [-0.39, 0.29) is 12.2 Å². The van der Waals surface area contributed by atoms with Gasteiger partial charge in [0.25, 0.3) is 0 Å². The Morgan fingerprint density at radius 3 is 2.30 bits per heavy atom. The summed E-state index contributed by atoms with van der Waals surface area (Å²) in [5, 5.41) is 5.00. The molecule has 196 valence electrons. The zero-order valence-corrected chi connectivity index (χ0v) is 22.4. The number of hydrogen-bond acceptors (Lipinski definition) is 8. The molecule has 3 aromatic rings. The molecule has 0 saturated carbocycles. The average molecular weight is 526 g/mol. The van der Waals surface area contributed by atoms with Gasteiger partial charge in [-0.1, -0.05) is 19.1 Å². The van der Waals surface area contributed by atoms with Crippen LogP contribution in [0.25, 0.3) is 17.2 Å². The molecular weight excluding hydrogens is 494 g/mol. The van der Waals surface area contributed by atoms with Crippen LogP contribution in [0, 0.1) is 0 Å². The zero-order chi connectivity index (χ0) is 26.8. The molecule has 1 amide bonds. The van der Waals surface area contributed by atoms with Crippen LogP contribution in [-0.2, 0) is 9.53 Å². The van der Waals surface area contributed by atoms with E-state index >= 15 is 0 Å².